The first-order valence-electron chi connectivity index (χ1n) is 15.5. The Morgan fingerprint density at radius 1 is 0.659 bits per heavy atom. The maximum Gasteiger partial charge on any atom is 0.471 e. The molecule has 0 radical (unpaired) electrons. The molecule has 2 atom stereocenters. The highest BCUT2D eigenvalue weighted by Gasteiger charge is 2.17. The number of phosphoric acid groups is 1. The van der Waals surface area contributed by atoms with Crippen molar-refractivity contribution in [2.24, 2.45) is 0 Å². The molecule has 0 aliphatic heterocycles. The average Bonchev–Trinajstić information content (AvgIpc) is 2.96. The van der Waals surface area contributed by atoms with Gasteiger partial charge in [-0.05, 0) is 25.7 Å². The molecule has 0 heterocycles. The molecule has 41 heavy (non-hydrogen) atoms. The molecule has 0 aliphatic rings. The van der Waals surface area contributed by atoms with Gasteiger partial charge < -0.3 is 33.9 Å². The molecule has 0 spiro atoms. The minimum absolute atomic E-state index is 0.117. The number of hydrogen-bond acceptors (Lipinski definition) is 9. The van der Waals surface area contributed by atoms with Crippen molar-refractivity contribution >= 4 is 13.7 Å². The van der Waals surface area contributed by atoms with Crippen LogP contribution in [-0.4, -0.2) is 97.6 Å². The largest absolute Gasteiger partial charge is 0.471 e. The van der Waals surface area contributed by atoms with Crippen LogP contribution in [0.5, 0.6) is 0 Å². The van der Waals surface area contributed by atoms with Gasteiger partial charge in [0.05, 0.1) is 46.2 Å². The number of carbonyl (C=O) groups excluding carboxylic acids is 1. The summed E-state index contributed by atoms with van der Waals surface area (Å²) in [6, 6.07) is 0. The van der Waals surface area contributed by atoms with E-state index >= 15 is 0 Å². The molecule has 12 heteroatoms. The summed E-state index contributed by atoms with van der Waals surface area (Å²) in [4.78, 5) is 21.2. The maximum atomic E-state index is 12.0. The minimum atomic E-state index is -3.82. The Labute approximate surface area is 249 Å². The predicted molar refractivity (Wildman–Crippen MR) is 160 cm³/mol. The second-order valence-corrected chi connectivity index (χ2v) is 11.7. The molecule has 0 aromatic carbocycles. The van der Waals surface area contributed by atoms with Gasteiger partial charge in [0.1, 0.15) is 6.10 Å². The number of phosphoric ester groups is 1. The summed E-state index contributed by atoms with van der Waals surface area (Å²) in [6.07, 6.45) is 15.5. The maximum absolute atomic E-state index is 12.0. The summed E-state index contributed by atoms with van der Waals surface area (Å²) < 4.78 is 47.4. The van der Waals surface area contributed by atoms with Crippen molar-refractivity contribution in [2.75, 3.05) is 80.7 Å². The molecule has 1 amide bonds. The van der Waals surface area contributed by atoms with Crippen LogP contribution < -0.4 is 5.32 Å². The van der Waals surface area contributed by atoms with Crippen LogP contribution in [0.4, 0.5) is 0 Å². The van der Waals surface area contributed by atoms with Crippen LogP contribution in [0.25, 0.3) is 0 Å². The number of unbranched alkanes of at least 4 members (excludes halogenated alkanes) is 12. The zero-order chi connectivity index (χ0) is 30.3. The Morgan fingerprint density at radius 2 is 1.17 bits per heavy atom. The third kappa shape index (κ3) is 30.6. The minimum Gasteiger partial charge on any atom is -0.382 e. The van der Waals surface area contributed by atoms with Gasteiger partial charge in [-0.2, -0.15) is 0 Å². The van der Waals surface area contributed by atoms with Crippen molar-refractivity contribution < 1.29 is 47.0 Å². The van der Waals surface area contributed by atoms with E-state index in [1.807, 2.05) is 0 Å². The molecular weight excluding hydrogens is 553 g/mol. The lowest BCUT2D eigenvalue weighted by Crippen LogP contribution is -2.28. The van der Waals surface area contributed by atoms with E-state index in [0.29, 0.717) is 52.7 Å². The second kappa shape index (κ2) is 30.8. The normalized spacial score (nSPS) is 13.8. The molecule has 0 aromatic heterocycles. The van der Waals surface area contributed by atoms with Crippen molar-refractivity contribution in [1.82, 2.24) is 5.32 Å². The van der Waals surface area contributed by atoms with Gasteiger partial charge in [-0.15, -0.1) is 0 Å². The van der Waals surface area contributed by atoms with Gasteiger partial charge in [-0.3, -0.25) is 13.8 Å². The van der Waals surface area contributed by atoms with Gasteiger partial charge in [0, 0.05) is 40.9 Å². The number of nitrogens with one attached hydrogen (secondary N) is 1. The summed E-state index contributed by atoms with van der Waals surface area (Å²) >= 11 is 0. The third-order valence-corrected chi connectivity index (χ3v) is 7.47. The Morgan fingerprint density at radius 3 is 1.78 bits per heavy atom. The molecule has 11 nitrogen and oxygen atoms in total. The smallest absolute Gasteiger partial charge is 0.382 e. The quantitative estimate of drug-likeness (QED) is 0.0730. The van der Waals surface area contributed by atoms with Crippen molar-refractivity contribution in [1.29, 1.82) is 0 Å². The number of amides is 1. The van der Waals surface area contributed by atoms with E-state index in [-0.39, 0.29) is 18.6 Å². The molecule has 2 unspecified atom stereocenters. The molecule has 246 valence electrons. The Balaban J connectivity index is 3.46. The molecule has 0 aromatic rings. The van der Waals surface area contributed by atoms with Crippen molar-refractivity contribution in [3.63, 3.8) is 0 Å². The van der Waals surface area contributed by atoms with E-state index in [4.69, 9.17) is 33.1 Å². The number of ether oxygens (including phenoxy) is 5. The molecule has 0 aliphatic carbocycles. The molecule has 0 bridgehead atoms. The predicted octanol–water partition coefficient (Wildman–Crippen LogP) is 5.43. The number of carbonyl (C=O) groups is 1. The highest BCUT2D eigenvalue weighted by atomic mass is 31.2. The fraction of sp³-hybridized carbons (Fsp3) is 0.966. The number of rotatable bonds is 33. The highest BCUT2D eigenvalue weighted by Crippen LogP contribution is 2.41. The first-order chi connectivity index (χ1) is 19.9. The summed E-state index contributed by atoms with van der Waals surface area (Å²) in [6.45, 7) is 4.80. The van der Waals surface area contributed by atoms with Crippen LogP contribution in [0.15, 0.2) is 0 Å². The fourth-order valence-corrected chi connectivity index (χ4v) is 4.51. The zero-order valence-corrected chi connectivity index (χ0v) is 27.0. The van der Waals surface area contributed by atoms with Gasteiger partial charge in [0.2, 0.25) is 5.91 Å². The van der Waals surface area contributed by atoms with Crippen LogP contribution in [-0.2, 0) is 42.1 Å². The molecule has 0 rings (SSSR count). The lowest BCUT2D eigenvalue weighted by atomic mass is 10.1. The van der Waals surface area contributed by atoms with Crippen LogP contribution in [0.1, 0.15) is 96.3 Å². The zero-order valence-electron chi connectivity index (χ0n) is 26.1. The summed E-state index contributed by atoms with van der Waals surface area (Å²) in [5.41, 5.74) is 0. The number of hydrogen-bond donors (Lipinski definition) is 2. The molecule has 0 saturated carbocycles. The fourth-order valence-electron chi connectivity index (χ4n) is 4.05. The highest BCUT2D eigenvalue weighted by molar-refractivity contribution is 7.47. The monoisotopic (exact) mass is 613 g/mol. The van der Waals surface area contributed by atoms with E-state index in [2.05, 4.69) is 9.84 Å². The van der Waals surface area contributed by atoms with E-state index in [9.17, 15) is 9.36 Å². The van der Waals surface area contributed by atoms with Crippen molar-refractivity contribution in [3.05, 3.63) is 0 Å². The van der Waals surface area contributed by atoms with Crippen molar-refractivity contribution in [2.45, 2.75) is 102 Å². The van der Waals surface area contributed by atoms with Gasteiger partial charge >= 0.3 is 7.82 Å². The standard InChI is InChI=1S/C29H60NO10P/c1-34-22-24-38-27-28(39-25-23-35-2)26-37-20-16-13-10-14-18-29(31)30-19-15-11-8-6-4-5-7-9-12-17-21-40-41(32,33)36-3/h28H,4-27H2,1-3H3,(H,30,31)(H,32,33). The Hall–Kier alpha value is -0.620. The van der Waals surface area contributed by atoms with Crippen LogP contribution in [0, 0.1) is 0 Å². The third-order valence-electron chi connectivity index (χ3n) is 6.50. The van der Waals surface area contributed by atoms with Gasteiger partial charge in [0.15, 0.2) is 0 Å². The van der Waals surface area contributed by atoms with Crippen LogP contribution >= 0.6 is 7.82 Å². The van der Waals surface area contributed by atoms with Crippen LogP contribution in [0.3, 0.4) is 0 Å². The number of methoxy groups -OCH3 is 2. The SMILES string of the molecule is COCCOCC(COCCCCCCC(=O)NCCCCCCCCCCCCOP(=O)(O)OC)OCCOC. The lowest BCUT2D eigenvalue weighted by molar-refractivity contribution is -0.121. The summed E-state index contributed by atoms with van der Waals surface area (Å²) in [5.74, 6) is 0.153. The molecule has 0 fully saturated rings. The van der Waals surface area contributed by atoms with Gasteiger partial charge in [0.25, 0.3) is 0 Å². The first kappa shape index (κ1) is 40.4. The van der Waals surface area contributed by atoms with E-state index in [0.717, 1.165) is 64.3 Å². The van der Waals surface area contributed by atoms with Gasteiger partial charge in [-0.25, -0.2) is 4.57 Å². The second-order valence-electron chi connectivity index (χ2n) is 10.2. The lowest BCUT2D eigenvalue weighted by Gasteiger charge is -2.18. The van der Waals surface area contributed by atoms with E-state index in [1.165, 1.54) is 39.2 Å². The van der Waals surface area contributed by atoms with Gasteiger partial charge in [-0.1, -0.05) is 64.2 Å². The van der Waals surface area contributed by atoms with E-state index in [1.54, 1.807) is 14.2 Å². The summed E-state index contributed by atoms with van der Waals surface area (Å²) in [5, 5.41) is 3.04. The molecule has 2 N–H and O–H groups in total. The molecular formula is C29H60NO10P. The molecule has 0 saturated heterocycles. The average molecular weight is 614 g/mol. The topological polar surface area (TPSA) is 131 Å². The summed E-state index contributed by atoms with van der Waals surface area (Å²) in [7, 11) is 0.645. The first-order valence-corrected chi connectivity index (χ1v) is 17.0. The Kier molecular flexibility index (Phi) is 30.4. The Bertz CT molecular complexity index is 614. The van der Waals surface area contributed by atoms with Crippen molar-refractivity contribution in [3.8, 4) is 0 Å². The van der Waals surface area contributed by atoms with E-state index < -0.39 is 7.82 Å². The van der Waals surface area contributed by atoms with Crippen LogP contribution in [0.2, 0.25) is 0 Å².